The highest BCUT2D eigenvalue weighted by Gasteiger charge is 2.64. The van der Waals surface area contributed by atoms with Crippen LogP contribution in [0.1, 0.15) is 29.5 Å². The topological polar surface area (TPSA) is 182 Å². The number of phenols is 1. The van der Waals surface area contributed by atoms with Crippen molar-refractivity contribution in [2.75, 3.05) is 20.7 Å². The van der Waals surface area contributed by atoms with Crippen molar-refractivity contribution in [3.63, 3.8) is 0 Å². The van der Waals surface area contributed by atoms with Gasteiger partial charge >= 0.3 is 0 Å². The summed E-state index contributed by atoms with van der Waals surface area (Å²) in [6.45, 7) is 0.0611. The number of ketones is 2. The number of benzene rings is 2. The zero-order valence-electron chi connectivity index (χ0n) is 22.2. The molecular formula is C30H32N2O8. The first kappa shape index (κ1) is 27.6. The molecule has 0 aliphatic heterocycles. The maximum absolute atomic E-state index is 14.0. The molecule has 210 valence electrons. The number of Topliss-reactive ketones (excluding diaryl/α,β-unsaturated/α-hetero) is 2. The number of nitrogens with zero attached hydrogens (tertiary/aromatic N) is 1. The lowest BCUT2D eigenvalue weighted by molar-refractivity contribution is -0.153. The zero-order valence-corrected chi connectivity index (χ0v) is 22.2. The lowest BCUT2D eigenvalue weighted by atomic mass is 9.57. The summed E-state index contributed by atoms with van der Waals surface area (Å²) in [5, 5.41) is 54.1. The number of carbonyl (C=O) groups is 3. The van der Waals surface area contributed by atoms with Crippen molar-refractivity contribution in [1.29, 1.82) is 0 Å². The third kappa shape index (κ3) is 3.94. The molecule has 1 saturated carbocycles. The van der Waals surface area contributed by atoms with Crippen molar-refractivity contribution >= 4 is 23.2 Å². The van der Waals surface area contributed by atoms with Gasteiger partial charge in [-0.3, -0.25) is 19.3 Å². The smallest absolute Gasteiger partial charge is 0.255 e. The minimum atomic E-state index is -2.67. The van der Waals surface area contributed by atoms with E-state index in [4.69, 9.17) is 5.73 Å². The van der Waals surface area contributed by atoms with Gasteiger partial charge in [-0.15, -0.1) is 0 Å². The number of rotatable bonds is 6. The van der Waals surface area contributed by atoms with Crippen molar-refractivity contribution in [2.24, 2.45) is 17.6 Å². The molecule has 1 amide bonds. The number of aliphatic hydroxyl groups excluding tert-OH is 3. The molecule has 40 heavy (non-hydrogen) atoms. The summed E-state index contributed by atoms with van der Waals surface area (Å²) in [6.07, 6.45) is 1.50. The summed E-state index contributed by atoms with van der Waals surface area (Å²) >= 11 is 0. The van der Waals surface area contributed by atoms with Crippen molar-refractivity contribution in [3.8, 4) is 16.9 Å². The van der Waals surface area contributed by atoms with Crippen LogP contribution in [0.4, 0.5) is 0 Å². The molecule has 0 saturated heterocycles. The van der Waals surface area contributed by atoms with Gasteiger partial charge in [0.1, 0.15) is 22.8 Å². The van der Waals surface area contributed by atoms with E-state index in [-0.39, 0.29) is 36.3 Å². The lowest BCUT2D eigenvalue weighted by Gasteiger charge is -2.50. The van der Waals surface area contributed by atoms with Gasteiger partial charge < -0.3 is 31.3 Å². The monoisotopic (exact) mass is 548 g/mol. The Bertz CT molecular complexity index is 1510. The molecular weight excluding hydrogens is 516 g/mol. The van der Waals surface area contributed by atoms with Gasteiger partial charge in [0.05, 0.1) is 11.6 Å². The Hall–Kier alpha value is -3.99. The number of nitrogens with two attached hydrogens (primary N) is 1. The molecule has 3 aliphatic rings. The quantitative estimate of drug-likeness (QED) is 0.292. The number of primary amides is 1. The average Bonchev–Trinajstić information content (AvgIpc) is 2.89. The number of aliphatic hydroxyl groups is 4. The van der Waals surface area contributed by atoms with Crippen molar-refractivity contribution in [2.45, 2.75) is 37.3 Å². The Morgan fingerprint density at radius 1 is 1.12 bits per heavy atom. The third-order valence-corrected chi connectivity index (χ3v) is 8.47. The van der Waals surface area contributed by atoms with Gasteiger partial charge in [-0.25, -0.2) is 0 Å². The molecule has 2 aromatic carbocycles. The van der Waals surface area contributed by atoms with Crippen molar-refractivity contribution in [1.82, 2.24) is 4.90 Å². The fourth-order valence-electron chi connectivity index (χ4n) is 6.69. The lowest BCUT2D eigenvalue weighted by Crippen LogP contribution is -2.65. The van der Waals surface area contributed by atoms with Crippen LogP contribution in [0.3, 0.4) is 0 Å². The number of carbonyl (C=O) groups excluding carboxylic acids is 3. The molecule has 5 rings (SSSR count). The van der Waals surface area contributed by atoms with E-state index < -0.39 is 58.0 Å². The van der Waals surface area contributed by atoms with Gasteiger partial charge in [0, 0.05) is 18.1 Å². The number of aryl methyl sites for hydroxylation is 1. The predicted molar refractivity (Wildman–Crippen MR) is 145 cm³/mol. The van der Waals surface area contributed by atoms with Crippen LogP contribution in [0, 0.1) is 11.8 Å². The Balaban J connectivity index is 1.69. The largest absolute Gasteiger partial charge is 0.508 e. The van der Waals surface area contributed by atoms with Crippen molar-refractivity contribution in [3.05, 3.63) is 70.0 Å². The summed E-state index contributed by atoms with van der Waals surface area (Å²) in [5.74, 6) is -6.77. The first-order valence-corrected chi connectivity index (χ1v) is 13.1. The van der Waals surface area contributed by atoms with E-state index >= 15 is 0 Å². The summed E-state index contributed by atoms with van der Waals surface area (Å²) < 4.78 is 0. The number of fused-ring (bicyclic) bond motifs is 3. The third-order valence-electron chi connectivity index (χ3n) is 8.47. The molecule has 0 aromatic heterocycles. The minimum absolute atomic E-state index is 0.0252. The van der Waals surface area contributed by atoms with E-state index in [1.54, 1.807) is 20.2 Å². The zero-order chi connectivity index (χ0) is 29.1. The van der Waals surface area contributed by atoms with Crippen molar-refractivity contribution < 1.29 is 39.9 Å². The Morgan fingerprint density at radius 2 is 1.85 bits per heavy atom. The van der Waals surface area contributed by atoms with E-state index in [1.807, 2.05) is 24.3 Å². The number of hydrogen-bond donors (Lipinski definition) is 6. The number of hydrogen-bond acceptors (Lipinski definition) is 9. The fraction of sp³-hybridized carbons (Fsp3) is 0.367. The molecule has 3 aliphatic carbocycles. The average molecular weight is 549 g/mol. The highest BCUT2D eigenvalue weighted by Crippen LogP contribution is 2.53. The number of aromatic hydroxyl groups is 1. The molecule has 0 heterocycles. The summed E-state index contributed by atoms with van der Waals surface area (Å²) in [7, 11) is 3.13. The second-order valence-electron chi connectivity index (χ2n) is 11.0. The summed E-state index contributed by atoms with van der Waals surface area (Å²) in [4.78, 5) is 40.8. The molecule has 1 unspecified atom stereocenters. The molecule has 0 spiro atoms. The highest BCUT2D eigenvalue weighted by molar-refractivity contribution is 6.24. The van der Waals surface area contributed by atoms with Crippen LogP contribution in [0.2, 0.25) is 0 Å². The first-order valence-electron chi connectivity index (χ1n) is 13.1. The van der Waals surface area contributed by atoms with Crippen LogP contribution in [0.15, 0.2) is 53.3 Å². The standard InChI is InChI=1S/C30H32N2O8/c1-32(2)24-19-13-16-12-18-17(15-7-3-5-14(11-15)6-4-10-33)8-9-20(34)22(18)25(35)21(16)27(37)30(19,40)28(38)23(26(24)36)29(31)39/h3,5,7-9,11,16,19,24,33-35,38,40H,4,6,10,12-13H2,1-2H3,(H2,31,39)/t16-,19-,24?,30-/m0/s1. The van der Waals surface area contributed by atoms with E-state index in [0.29, 0.717) is 18.4 Å². The van der Waals surface area contributed by atoms with E-state index in [1.165, 1.54) is 11.0 Å². The molecule has 7 N–H and O–H groups in total. The molecule has 10 heteroatoms. The SMILES string of the molecule is CN(C)C1C(=O)C(C(N)=O)=C(O)[C@@]2(O)C(=O)C3=C(O)c4c(O)ccc(-c5cccc(CCCO)c5)c4C[C@H]3C[C@@H]12. The first-order chi connectivity index (χ1) is 18.9. The second kappa shape index (κ2) is 9.88. The molecule has 0 radical (unpaired) electrons. The molecule has 2 aromatic rings. The summed E-state index contributed by atoms with van der Waals surface area (Å²) in [5.41, 5.74) is 4.89. The maximum atomic E-state index is 14.0. The van der Waals surface area contributed by atoms with E-state index in [0.717, 1.165) is 16.7 Å². The normalized spacial score (nSPS) is 26.1. The van der Waals surface area contributed by atoms with E-state index in [2.05, 4.69) is 0 Å². The molecule has 10 nitrogen and oxygen atoms in total. The summed E-state index contributed by atoms with van der Waals surface area (Å²) in [6, 6.07) is 9.72. The second-order valence-corrected chi connectivity index (χ2v) is 11.0. The molecule has 1 fully saturated rings. The van der Waals surface area contributed by atoms with Crippen LogP contribution < -0.4 is 5.73 Å². The van der Waals surface area contributed by atoms with E-state index in [9.17, 15) is 39.9 Å². The van der Waals surface area contributed by atoms with Crippen LogP contribution in [-0.2, 0) is 27.2 Å². The number of amides is 1. The van der Waals surface area contributed by atoms with Gasteiger partial charge in [-0.1, -0.05) is 30.3 Å². The Kier molecular flexibility index (Phi) is 6.81. The number of phenolic OH excluding ortho intramolecular Hbond substituents is 1. The van der Waals surface area contributed by atoms with Gasteiger partial charge in [-0.05, 0) is 74.0 Å². The van der Waals surface area contributed by atoms with Gasteiger partial charge in [-0.2, -0.15) is 0 Å². The van der Waals surface area contributed by atoms with Crippen LogP contribution in [-0.4, -0.2) is 80.3 Å². The Labute approximate surface area is 230 Å². The van der Waals surface area contributed by atoms with Crippen LogP contribution >= 0.6 is 0 Å². The Morgan fingerprint density at radius 3 is 2.50 bits per heavy atom. The predicted octanol–water partition coefficient (Wildman–Crippen LogP) is 1.56. The van der Waals surface area contributed by atoms with Gasteiger partial charge in [0.15, 0.2) is 11.4 Å². The van der Waals surface area contributed by atoms with Gasteiger partial charge in [0.25, 0.3) is 5.91 Å². The maximum Gasteiger partial charge on any atom is 0.255 e. The fourth-order valence-corrected chi connectivity index (χ4v) is 6.69. The van der Waals surface area contributed by atoms with Gasteiger partial charge in [0.2, 0.25) is 5.78 Å². The number of likely N-dealkylation sites (N-methyl/N-ethyl adjacent to an activating group) is 1. The minimum Gasteiger partial charge on any atom is -0.508 e. The molecule has 0 bridgehead atoms. The highest BCUT2D eigenvalue weighted by atomic mass is 16.3. The van der Waals surface area contributed by atoms with Crippen LogP contribution in [0.25, 0.3) is 16.9 Å². The van der Waals surface area contributed by atoms with Crippen LogP contribution in [0.5, 0.6) is 5.75 Å². The molecule has 4 atom stereocenters.